The molecule has 2 aliphatic heterocycles. The molecule has 0 bridgehead atoms. The lowest BCUT2D eigenvalue weighted by atomic mass is 9.84. The zero-order chi connectivity index (χ0) is 93.6. The molecule has 2 saturated heterocycles. The van der Waals surface area contributed by atoms with Gasteiger partial charge in [-0.3, -0.25) is 24.5 Å². The fraction of sp³-hybridized carbons (Fsp3) is 0.455. The van der Waals surface area contributed by atoms with Crippen LogP contribution in [0.5, 0.6) is 28.7 Å². The van der Waals surface area contributed by atoms with Crippen molar-refractivity contribution in [2.75, 3.05) is 92.1 Å². The van der Waals surface area contributed by atoms with Crippen molar-refractivity contribution in [3.8, 4) is 28.7 Å². The number of morpholine rings is 1. The van der Waals surface area contributed by atoms with Gasteiger partial charge >= 0.3 is 0 Å². The van der Waals surface area contributed by atoms with Crippen molar-refractivity contribution in [3.63, 3.8) is 0 Å². The van der Waals surface area contributed by atoms with Crippen LogP contribution < -0.4 is 23.7 Å². The second kappa shape index (κ2) is 58.6. The summed E-state index contributed by atoms with van der Waals surface area (Å²) in [6, 6.07) is 76.7. The minimum atomic E-state index is 0.131. The Morgan fingerprint density at radius 2 is 0.603 bits per heavy atom. The molecule has 10 aromatic rings. The van der Waals surface area contributed by atoms with E-state index < -0.39 is 0 Å². The van der Waals surface area contributed by atoms with Crippen LogP contribution in [-0.4, -0.2) is 135 Å². The number of likely N-dealkylation sites (tertiary alicyclic amines) is 1. The third-order valence-electron chi connectivity index (χ3n) is 25.2. The van der Waals surface area contributed by atoms with E-state index in [0.717, 1.165) is 128 Å². The Bertz CT molecular complexity index is 4820. The van der Waals surface area contributed by atoms with Crippen molar-refractivity contribution in [2.24, 2.45) is 0 Å². The monoisotopic (exact) mass is 2390 g/mol. The largest absolute Gasteiger partial charge is 0.494 e. The Morgan fingerprint density at radius 1 is 0.321 bits per heavy atom. The van der Waals surface area contributed by atoms with Gasteiger partial charge in [-0.25, -0.2) is 0 Å². The molecule has 708 valence electrons. The highest BCUT2D eigenvalue weighted by Gasteiger charge is 2.38. The smallest absolute Gasteiger partial charge is 0.119 e. The summed E-state index contributed by atoms with van der Waals surface area (Å²) in [6.45, 7) is 32.6. The normalized spacial score (nSPS) is 16.4. The molecule has 3 saturated carbocycles. The number of piperidine rings is 1. The third-order valence-corrected chi connectivity index (χ3v) is 30.1. The van der Waals surface area contributed by atoms with Gasteiger partial charge in [0.15, 0.2) is 0 Å². The van der Waals surface area contributed by atoms with Crippen molar-refractivity contribution in [3.05, 3.63) is 312 Å². The van der Waals surface area contributed by atoms with E-state index in [1.807, 2.05) is 115 Å². The molecule has 11 nitrogen and oxygen atoms in total. The average molecular weight is 2390 g/mol. The molecular formula is C110H137BrCl5I4N5O6. The first-order valence-electron chi connectivity index (χ1n) is 48.0. The van der Waals surface area contributed by atoms with Crippen molar-refractivity contribution in [1.82, 2.24) is 24.5 Å². The van der Waals surface area contributed by atoms with E-state index in [1.54, 1.807) is 0 Å². The fourth-order valence-corrected chi connectivity index (χ4v) is 22.7. The first kappa shape index (κ1) is 109. The summed E-state index contributed by atoms with van der Waals surface area (Å²) >= 11 is 46.4. The molecule has 0 spiro atoms. The molecule has 131 heavy (non-hydrogen) atoms. The van der Waals surface area contributed by atoms with E-state index in [2.05, 4.69) is 297 Å². The Labute approximate surface area is 873 Å². The van der Waals surface area contributed by atoms with E-state index >= 15 is 0 Å². The summed E-state index contributed by atoms with van der Waals surface area (Å²) in [5.74, 6) is 4.59. The molecule has 10 aromatic carbocycles. The summed E-state index contributed by atoms with van der Waals surface area (Å²) in [4.78, 5) is 13.0. The zero-order valence-electron chi connectivity index (χ0n) is 78.4. The lowest BCUT2D eigenvalue weighted by Gasteiger charge is -2.47. The number of halogens is 10. The van der Waals surface area contributed by atoms with Gasteiger partial charge in [-0.15, -0.1) is 0 Å². The maximum Gasteiger partial charge on any atom is 0.119 e. The molecule has 5 aliphatic rings. The van der Waals surface area contributed by atoms with Crippen molar-refractivity contribution >= 4 is 164 Å². The molecule has 15 rings (SSSR count). The minimum Gasteiger partial charge on any atom is -0.494 e. The number of nitrogens with zero attached hydrogens (tertiary/aromatic N) is 5. The topological polar surface area (TPSA) is 71.6 Å². The molecular weight excluding hydrogens is 2250 g/mol. The standard InChI is InChI=1S/C27H35ClINO.C23H29BrClNO.C20H23ClINO.C19H21ClINO2.C19H23ClINO.C2H6/c1-2-31-24-16-13-20(14-17-24)27(25-19-21(29)15-18-26(25)28)30(22-9-5-3-6-10-22)23-11-7-4-8-12-23;1-3-26(19-8-6-5-7-9-19)23(21-16-18(24)12-15-22(21)25)17-10-13-20(14-11-17)27-4-2;1-2-24-17-9-6-15(7-10-17)20(23-12-4-3-5-13-23)18-14-16(22)8-11-19(18)21;1-2-24-16-6-3-14(4-7-16)19(22-9-11-23-12-10-22)17-13-15(21)5-8-18(17)20;1-4-22(5-2)19(17-13-15(21)9-12-18(17)20)14-7-10-16(11-8-14)23-6-3;1-2/h13-19,22-23,27H,2-12H2,1H3;10-16,19,23H,3-9H2,1-2H3;6-11,14,20H,2-5,12-13H2,1H3;3-8,13,19H,2,9-12H2,1H3;7-13,19H,4-6H2,1-3H3;1-2H3. The molecule has 0 N–H and O–H groups in total. The predicted molar refractivity (Wildman–Crippen MR) is 590 cm³/mol. The maximum absolute atomic E-state index is 6.89. The van der Waals surface area contributed by atoms with Gasteiger partial charge in [0, 0.05) is 75.1 Å². The van der Waals surface area contributed by atoms with Gasteiger partial charge in [0.05, 0.1) is 76.5 Å². The van der Waals surface area contributed by atoms with Crippen LogP contribution in [0.15, 0.2) is 217 Å². The lowest BCUT2D eigenvalue weighted by molar-refractivity contribution is 0.0239. The molecule has 5 unspecified atom stereocenters. The summed E-state index contributed by atoms with van der Waals surface area (Å²) in [5, 5.41) is 4.18. The number of rotatable bonds is 31. The average Bonchev–Trinajstić information content (AvgIpc) is 0.788. The summed E-state index contributed by atoms with van der Waals surface area (Å²) in [5.41, 5.74) is 12.3. The number of ether oxygens (including phenoxy) is 6. The third kappa shape index (κ3) is 32.4. The minimum absolute atomic E-state index is 0.131. The lowest BCUT2D eigenvalue weighted by Crippen LogP contribution is -2.47. The first-order chi connectivity index (χ1) is 63.8. The molecule has 0 aromatic heterocycles. The Balaban J connectivity index is 0.000000170. The van der Waals surface area contributed by atoms with Gasteiger partial charge in [-0.2, -0.15) is 0 Å². The van der Waals surface area contributed by atoms with Gasteiger partial charge in [0.1, 0.15) is 28.7 Å². The second-order valence-electron chi connectivity index (χ2n) is 33.5. The van der Waals surface area contributed by atoms with Crippen LogP contribution >= 0.6 is 164 Å². The maximum atomic E-state index is 6.89. The quantitative estimate of drug-likeness (QED) is 0.0390. The van der Waals surface area contributed by atoms with Gasteiger partial charge in [0.2, 0.25) is 0 Å². The highest BCUT2D eigenvalue weighted by atomic mass is 127. The van der Waals surface area contributed by atoms with E-state index in [1.165, 1.54) is 174 Å². The van der Waals surface area contributed by atoms with Crippen molar-refractivity contribution < 1.29 is 28.4 Å². The summed E-state index contributed by atoms with van der Waals surface area (Å²) in [7, 11) is 0. The second-order valence-corrected chi connectivity index (χ2v) is 41.4. The molecule has 3 aliphatic carbocycles. The fourth-order valence-electron chi connectivity index (χ4n) is 19.2. The van der Waals surface area contributed by atoms with E-state index in [0.29, 0.717) is 51.2 Å². The van der Waals surface area contributed by atoms with Crippen LogP contribution in [0.1, 0.15) is 271 Å². The molecule has 21 heteroatoms. The zero-order valence-corrected chi connectivity index (χ0v) is 92.4. The van der Waals surface area contributed by atoms with Crippen LogP contribution in [-0.2, 0) is 4.74 Å². The van der Waals surface area contributed by atoms with Crippen LogP contribution in [0.4, 0.5) is 0 Å². The van der Waals surface area contributed by atoms with Gasteiger partial charge in [-0.1, -0.05) is 233 Å². The highest BCUT2D eigenvalue weighted by molar-refractivity contribution is 14.1. The van der Waals surface area contributed by atoms with E-state index in [9.17, 15) is 0 Å². The van der Waals surface area contributed by atoms with E-state index in [4.69, 9.17) is 86.4 Å². The first-order valence-corrected chi connectivity index (χ1v) is 55.0. The Kier molecular flexibility index (Phi) is 48.7. The SMILES string of the molecule is CC.CCOc1ccc(C(c2cc(Br)ccc2Cl)N(CC)C2CCCCC2)cc1.CCOc1ccc(C(c2cc(I)ccc2Cl)N(C2CCCCC2)C2CCCCC2)cc1.CCOc1ccc(C(c2cc(I)ccc2Cl)N(CC)CC)cc1.CCOc1ccc(C(c2cc(I)ccc2Cl)N2CCCCC2)cc1.CCOc1ccc(C(c2cc(I)ccc2Cl)N2CCOCC2)cc1. The number of hydrogen-bond acceptors (Lipinski definition) is 11. The molecule has 2 heterocycles. The predicted octanol–water partition coefficient (Wildman–Crippen LogP) is 33.1. The van der Waals surface area contributed by atoms with Crippen LogP contribution in [0.25, 0.3) is 0 Å². The van der Waals surface area contributed by atoms with Crippen molar-refractivity contribution in [2.45, 2.75) is 233 Å². The van der Waals surface area contributed by atoms with Crippen LogP contribution in [0, 0.1) is 14.3 Å². The summed E-state index contributed by atoms with van der Waals surface area (Å²) < 4.78 is 39.6. The van der Waals surface area contributed by atoms with Crippen LogP contribution in [0.2, 0.25) is 25.1 Å². The Hall–Kier alpha value is -4.19. The molecule has 5 fully saturated rings. The van der Waals surface area contributed by atoms with Crippen molar-refractivity contribution in [1.29, 1.82) is 0 Å². The number of hydrogen-bond donors (Lipinski definition) is 0. The van der Waals surface area contributed by atoms with Gasteiger partial charge in [-0.05, 0) is 416 Å². The van der Waals surface area contributed by atoms with Gasteiger partial charge < -0.3 is 28.4 Å². The number of benzene rings is 10. The summed E-state index contributed by atoms with van der Waals surface area (Å²) in [6.07, 6.45) is 23.8. The molecule has 0 radical (unpaired) electrons. The van der Waals surface area contributed by atoms with Gasteiger partial charge in [0.25, 0.3) is 0 Å². The van der Waals surface area contributed by atoms with Crippen LogP contribution in [0.3, 0.4) is 0 Å². The molecule has 5 atom stereocenters. The Morgan fingerprint density at radius 3 is 0.947 bits per heavy atom. The van der Waals surface area contributed by atoms with E-state index in [-0.39, 0.29) is 30.2 Å². The highest BCUT2D eigenvalue weighted by Crippen LogP contribution is 2.46. The molecule has 0 amide bonds.